The molecule has 0 aliphatic carbocycles. The van der Waals surface area contributed by atoms with E-state index in [1.165, 1.54) is 21.9 Å². The van der Waals surface area contributed by atoms with Crippen LogP contribution in [0.3, 0.4) is 0 Å². The predicted molar refractivity (Wildman–Crippen MR) is 87.3 cm³/mol. The molecule has 2 aliphatic heterocycles. The minimum atomic E-state index is -0.232. The van der Waals surface area contributed by atoms with Crippen molar-refractivity contribution >= 4 is 10.8 Å². The minimum Gasteiger partial charge on any atom is -0.376 e. The van der Waals surface area contributed by atoms with Crippen LogP contribution < -0.4 is 0 Å². The van der Waals surface area contributed by atoms with Gasteiger partial charge in [0.2, 0.25) is 0 Å². The smallest absolute Gasteiger partial charge is 0.184 e. The molecule has 2 aromatic carbocycles. The van der Waals surface area contributed by atoms with Crippen LogP contribution in [0.25, 0.3) is 10.8 Å². The number of hydrogen-bond donors (Lipinski definition) is 0. The summed E-state index contributed by atoms with van der Waals surface area (Å²) < 4.78 is 23.2. The fourth-order valence-corrected chi connectivity index (χ4v) is 3.53. The molecule has 0 N–H and O–H groups in total. The van der Waals surface area contributed by atoms with Gasteiger partial charge in [0.1, 0.15) is 12.2 Å². The van der Waals surface area contributed by atoms with E-state index in [1.54, 1.807) is 7.11 Å². The Labute approximate surface area is 136 Å². The van der Waals surface area contributed by atoms with Crippen molar-refractivity contribution in [2.45, 2.75) is 44.6 Å². The number of rotatable bonds is 4. The maximum Gasteiger partial charge on any atom is 0.184 e. The Hall–Kier alpha value is -1.46. The first-order valence-corrected chi connectivity index (χ1v) is 8.15. The number of fused-ring (bicyclic) bond motifs is 3. The van der Waals surface area contributed by atoms with E-state index in [2.05, 4.69) is 43.3 Å². The average Bonchev–Trinajstić information content (AvgIpc) is 3.00. The number of hydrogen-bond acceptors (Lipinski definition) is 4. The monoisotopic (exact) mass is 314 g/mol. The summed E-state index contributed by atoms with van der Waals surface area (Å²) in [5, 5.41) is 2.50. The van der Waals surface area contributed by atoms with Crippen LogP contribution in [0.15, 0.2) is 36.4 Å². The lowest BCUT2D eigenvalue weighted by Gasteiger charge is -2.32. The second-order valence-corrected chi connectivity index (χ2v) is 6.32. The van der Waals surface area contributed by atoms with Gasteiger partial charge in [0.15, 0.2) is 6.29 Å². The number of methoxy groups -OCH3 is 1. The van der Waals surface area contributed by atoms with Gasteiger partial charge in [-0.15, -0.1) is 0 Å². The van der Waals surface area contributed by atoms with Crippen LogP contribution in [-0.2, 0) is 25.6 Å². The number of aryl methyl sites for hydroxylation is 1. The van der Waals surface area contributed by atoms with E-state index in [9.17, 15) is 0 Å². The van der Waals surface area contributed by atoms with E-state index >= 15 is 0 Å². The number of benzene rings is 2. The molecule has 2 aliphatic rings. The molecule has 0 unspecified atom stereocenters. The quantitative estimate of drug-likeness (QED) is 0.868. The van der Waals surface area contributed by atoms with E-state index in [1.807, 2.05) is 0 Å². The average molecular weight is 314 g/mol. The second kappa shape index (κ2) is 6.21. The zero-order valence-corrected chi connectivity index (χ0v) is 13.5. The molecule has 4 rings (SSSR count). The van der Waals surface area contributed by atoms with Crippen LogP contribution in [0.2, 0.25) is 0 Å². The van der Waals surface area contributed by atoms with Crippen molar-refractivity contribution < 1.29 is 18.9 Å². The van der Waals surface area contributed by atoms with E-state index < -0.39 is 0 Å². The van der Waals surface area contributed by atoms with Crippen molar-refractivity contribution in [1.29, 1.82) is 0 Å². The predicted octanol–water partition coefficient (Wildman–Crippen LogP) is 3.19. The third-order valence-corrected chi connectivity index (χ3v) is 4.94. The summed E-state index contributed by atoms with van der Waals surface area (Å²) in [4.78, 5) is 0. The van der Waals surface area contributed by atoms with Crippen LogP contribution in [-0.4, -0.2) is 38.3 Å². The highest BCUT2D eigenvalue weighted by molar-refractivity contribution is 5.86. The number of ether oxygens (including phenoxy) is 4. The van der Waals surface area contributed by atoms with Crippen molar-refractivity contribution in [3.63, 3.8) is 0 Å². The molecule has 0 aromatic heterocycles. The summed E-state index contributed by atoms with van der Waals surface area (Å²) >= 11 is 0. The Morgan fingerprint density at radius 3 is 2.87 bits per heavy atom. The standard InChI is InChI=1S/C19H22O4/c1-12-7-8-13-5-3-4-6-14(13)15(12)10-21-16-9-17(20-2)19-22-11-18(16)23-19/h3-8,16-19H,9-11H2,1-2H3/t16-,17+,18+,19+/m0/s1. The molecule has 0 amide bonds. The molecule has 0 spiro atoms. The van der Waals surface area contributed by atoms with Gasteiger partial charge < -0.3 is 18.9 Å². The third-order valence-electron chi connectivity index (χ3n) is 4.94. The van der Waals surface area contributed by atoms with E-state index in [0.717, 1.165) is 6.42 Å². The molecule has 0 saturated carbocycles. The molecular weight excluding hydrogens is 292 g/mol. The molecule has 0 radical (unpaired) electrons. The molecule has 2 saturated heterocycles. The van der Waals surface area contributed by atoms with Crippen LogP contribution in [0.1, 0.15) is 17.5 Å². The van der Waals surface area contributed by atoms with E-state index in [0.29, 0.717) is 13.2 Å². The van der Waals surface area contributed by atoms with Gasteiger partial charge in [-0.3, -0.25) is 0 Å². The second-order valence-electron chi connectivity index (χ2n) is 6.32. The van der Waals surface area contributed by atoms with Gasteiger partial charge >= 0.3 is 0 Å². The molecule has 2 fully saturated rings. The first-order chi connectivity index (χ1) is 11.3. The molecule has 2 heterocycles. The lowest BCUT2D eigenvalue weighted by atomic mass is 10.00. The third kappa shape index (κ3) is 2.76. The largest absolute Gasteiger partial charge is 0.376 e. The maximum atomic E-state index is 6.24. The van der Waals surface area contributed by atoms with Gasteiger partial charge in [-0.05, 0) is 28.8 Å². The Morgan fingerprint density at radius 2 is 2.00 bits per heavy atom. The fraction of sp³-hybridized carbons (Fsp3) is 0.474. The van der Waals surface area contributed by atoms with Crippen molar-refractivity contribution in [1.82, 2.24) is 0 Å². The van der Waals surface area contributed by atoms with E-state index in [-0.39, 0.29) is 24.6 Å². The van der Waals surface area contributed by atoms with Crippen LogP contribution in [0.5, 0.6) is 0 Å². The molecule has 4 atom stereocenters. The van der Waals surface area contributed by atoms with Crippen LogP contribution >= 0.6 is 0 Å². The highest BCUT2D eigenvalue weighted by atomic mass is 16.7. The first-order valence-electron chi connectivity index (χ1n) is 8.15. The molecule has 23 heavy (non-hydrogen) atoms. The summed E-state index contributed by atoms with van der Waals surface area (Å²) in [6, 6.07) is 12.8. The summed E-state index contributed by atoms with van der Waals surface area (Å²) in [5.41, 5.74) is 2.50. The minimum absolute atomic E-state index is 0.0112. The lowest BCUT2D eigenvalue weighted by molar-refractivity contribution is -0.200. The van der Waals surface area contributed by atoms with Gasteiger partial charge in [-0.25, -0.2) is 0 Å². The SMILES string of the molecule is CO[C@@H]1C[C@H](OCc2c(C)ccc3ccccc23)[C@H]2CO[C@@H]1O2. The molecule has 122 valence electrons. The molecule has 2 bridgehead atoms. The Kier molecular flexibility index (Phi) is 4.07. The highest BCUT2D eigenvalue weighted by Gasteiger charge is 2.44. The van der Waals surface area contributed by atoms with E-state index in [4.69, 9.17) is 18.9 Å². The lowest BCUT2D eigenvalue weighted by Crippen LogP contribution is -2.44. The summed E-state index contributed by atoms with van der Waals surface area (Å²) in [6.45, 7) is 3.30. The van der Waals surface area contributed by atoms with Crippen LogP contribution in [0, 0.1) is 6.92 Å². The molecule has 4 nitrogen and oxygen atoms in total. The Morgan fingerprint density at radius 1 is 1.13 bits per heavy atom. The van der Waals surface area contributed by atoms with Crippen molar-refractivity contribution in [3.8, 4) is 0 Å². The van der Waals surface area contributed by atoms with Crippen LogP contribution in [0.4, 0.5) is 0 Å². The van der Waals surface area contributed by atoms with Gasteiger partial charge in [0.25, 0.3) is 0 Å². The Balaban J connectivity index is 1.54. The topological polar surface area (TPSA) is 36.9 Å². The summed E-state index contributed by atoms with van der Waals surface area (Å²) in [7, 11) is 1.70. The molecular formula is C19H22O4. The zero-order valence-electron chi connectivity index (χ0n) is 13.5. The molecule has 4 heteroatoms. The Bertz CT molecular complexity index is 699. The maximum absolute atomic E-state index is 6.24. The highest BCUT2D eigenvalue weighted by Crippen LogP contribution is 2.32. The van der Waals surface area contributed by atoms with Crippen molar-refractivity contribution in [2.24, 2.45) is 0 Å². The summed E-state index contributed by atoms with van der Waals surface area (Å²) in [6.07, 6.45) is 0.561. The zero-order chi connectivity index (χ0) is 15.8. The fourth-order valence-electron chi connectivity index (χ4n) is 3.53. The summed E-state index contributed by atoms with van der Waals surface area (Å²) in [5.74, 6) is 0. The molecule has 2 aromatic rings. The van der Waals surface area contributed by atoms with Gasteiger partial charge in [-0.1, -0.05) is 36.4 Å². The first kappa shape index (κ1) is 15.1. The van der Waals surface area contributed by atoms with Crippen molar-refractivity contribution in [3.05, 3.63) is 47.5 Å². The normalized spacial score (nSPS) is 30.0. The van der Waals surface area contributed by atoms with Crippen molar-refractivity contribution in [2.75, 3.05) is 13.7 Å². The van der Waals surface area contributed by atoms with Gasteiger partial charge in [0, 0.05) is 13.5 Å². The van der Waals surface area contributed by atoms with Gasteiger partial charge in [-0.2, -0.15) is 0 Å². The van der Waals surface area contributed by atoms with Gasteiger partial charge in [0.05, 0.1) is 19.3 Å².